The molecule has 1 heterocycles. The van der Waals surface area contributed by atoms with Crippen molar-refractivity contribution in [1.82, 2.24) is 9.78 Å². The number of benzene rings is 2. The summed E-state index contributed by atoms with van der Waals surface area (Å²) in [5, 5.41) is 5.33. The van der Waals surface area contributed by atoms with Crippen LogP contribution in [0, 0.1) is 0 Å². The van der Waals surface area contributed by atoms with Gasteiger partial charge in [-0.3, -0.25) is 9.40 Å². The molecule has 24 heavy (non-hydrogen) atoms. The molecular weight excluding hydrogens is 322 g/mol. The van der Waals surface area contributed by atoms with Crippen LogP contribution in [0.4, 0.5) is 5.69 Å². The molecule has 0 saturated heterocycles. The molecule has 3 aromatic rings. The monoisotopic (exact) mass is 339 g/mol. The zero-order valence-electron chi connectivity index (χ0n) is 12.9. The number of hydrogen-bond acceptors (Lipinski definition) is 3. The minimum absolute atomic E-state index is 0.434. The molecule has 2 aromatic carbocycles. The molecule has 0 aliphatic heterocycles. The molecule has 1 N–H and O–H groups in total. The van der Waals surface area contributed by atoms with E-state index in [0.717, 1.165) is 16.5 Å². The van der Waals surface area contributed by atoms with E-state index in [9.17, 15) is 8.42 Å². The standard InChI is InChI=1S/C18H17N3O2S/c22-24(23,12-11-16-7-3-1-4-8-16)20-18-13-19-21(15-18)14-17-9-5-2-6-10-17/h1-13,15,20H,14H2. The van der Waals surface area contributed by atoms with E-state index >= 15 is 0 Å². The van der Waals surface area contributed by atoms with Crippen molar-refractivity contribution in [3.63, 3.8) is 0 Å². The number of aromatic nitrogens is 2. The van der Waals surface area contributed by atoms with Gasteiger partial charge in [0.1, 0.15) is 0 Å². The lowest BCUT2D eigenvalue weighted by molar-refractivity contribution is 0.609. The Labute approximate surface area is 141 Å². The van der Waals surface area contributed by atoms with E-state index in [1.807, 2.05) is 60.7 Å². The van der Waals surface area contributed by atoms with Gasteiger partial charge in [0.05, 0.1) is 23.8 Å². The fraction of sp³-hybridized carbons (Fsp3) is 0.0556. The summed E-state index contributed by atoms with van der Waals surface area (Å²) >= 11 is 0. The third kappa shape index (κ3) is 4.57. The molecule has 3 rings (SSSR count). The Balaban J connectivity index is 1.66. The maximum atomic E-state index is 12.1. The van der Waals surface area contributed by atoms with Crippen molar-refractivity contribution in [3.8, 4) is 0 Å². The molecule has 0 bridgehead atoms. The molecule has 0 aliphatic carbocycles. The zero-order valence-corrected chi connectivity index (χ0v) is 13.7. The Morgan fingerprint density at radius 2 is 1.67 bits per heavy atom. The Kier molecular flexibility index (Phi) is 4.77. The highest BCUT2D eigenvalue weighted by Crippen LogP contribution is 2.11. The van der Waals surface area contributed by atoms with Gasteiger partial charge < -0.3 is 0 Å². The van der Waals surface area contributed by atoms with E-state index in [1.54, 1.807) is 17.0 Å². The number of anilines is 1. The lowest BCUT2D eigenvalue weighted by Crippen LogP contribution is -2.08. The molecule has 6 heteroatoms. The van der Waals surface area contributed by atoms with E-state index in [0.29, 0.717) is 12.2 Å². The maximum Gasteiger partial charge on any atom is 0.255 e. The van der Waals surface area contributed by atoms with E-state index in [4.69, 9.17) is 0 Å². The van der Waals surface area contributed by atoms with Crippen molar-refractivity contribution in [1.29, 1.82) is 0 Å². The highest BCUT2D eigenvalue weighted by atomic mass is 32.2. The SMILES string of the molecule is O=S(=O)(C=Cc1ccccc1)Nc1cnn(Cc2ccccc2)c1. The van der Waals surface area contributed by atoms with Crippen molar-refractivity contribution >= 4 is 21.8 Å². The summed E-state index contributed by atoms with van der Waals surface area (Å²) in [5.74, 6) is 0. The average molecular weight is 339 g/mol. The van der Waals surface area contributed by atoms with Gasteiger partial charge in [-0.15, -0.1) is 0 Å². The maximum absolute atomic E-state index is 12.1. The summed E-state index contributed by atoms with van der Waals surface area (Å²) in [6, 6.07) is 19.1. The first-order valence-electron chi connectivity index (χ1n) is 7.43. The minimum Gasteiger partial charge on any atom is -0.277 e. The topological polar surface area (TPSA) is 64.0 Å². The Morgan fingerprint density at radius 3 is 2.38 bits per heavy atom. The van der Waals surface area contributed by atoms with Crippen molar-refractivity contribution < 1.29 is 8.42 Å². The van der Waals surface area contributed by atoms with Crippen LogP contribution in [0.5, 0.6) is 0 Å². The molecule has 0 spiro atoms. The third-order valence-corrected chi connectivity index (χ3v) is 4.33. The van der Waals surface area contributed by atoms with Crippen molar-refractivity contribution in [2.75, 3.05) is 4.72 Å². The lowest BCUT2D eigenvalue weighted by atomic mass is 10.2. The molecule has 0 saturated carbocycles. The Hall–Kier alpha value is -2.86. The summed E-state index contributed by atoms with van der Waals surface area (Å²) in [7, 11) is -3.58. The van der Waals surface area contributed by atoms with Crippen LogP contribution in [0.25, 0.3) is 6.08 Å². The van der Waals surface area contributed by atoms with Crippen LogP contribution >= 0.6 is 0 Å². The molecule has 1 aromatic heterocycles. The van der Waals surface area contributed by atoms with Gasteiger partial charge in [0.2, 0.25) is 0 Å². The van der Waals surface area contributed by atoms with Crippen LogP contribution in [0.3, 0.4) is 0 Å². The normalized spacial score (nSPS) is 11.7. The van der Waals surface area contributed by atoms with E-state index in [-0.39, 0.29) is 0 Å². The van der Waals surface area contributed by atoms with Crippen LogP contribution in [0.2, 0.25) is 0 Å². The fourth-order valence-corrected chi connectivity index (χ4v) is 3.04. The largest absolute Gasteiger partial charge is 0.277 e. The average Bonchev–Trinajstić information content (AvgIpc) is 3.01. The molecule has 0 unspecified atom stereocenters. The van der Waals surface area contributed by atoms with Crippen LogP contribution in [0.15, 0.2) is 78.5 Å². The number of rotatable bonds is 6. The Bertz CT molecular complexity index is 917. The van der Waals surface area contributed by atoms with Crippen molar-refractivity contribution in [2.45, 2.75) is 6.54 Å². The predicted molar refractivity (Wildman–Crippen MR) is 95.8 cm³/mol. The van der Waals surface area contributed by atoms with Gasteiger partial charge in [-0.25, -0.2) is 8.42 Å². The van der Waals surface area contributed by atoms with Gasteiger partial charge >= 0.3 is 0 Å². The molecule has 0 fully saturated rings. The van der Waals surface area contributed by atoms with Gasteiger partial charge in [-0.1, -0.05) is 60.7 Å². The van der Waals surface area contributed by atoms with Crippen LogP contribution in [-0.4, -0.2) is 18.2 Å². The first-order chi connectivity index (χ1) is 11.6. The second kappa shape index (κ2) is 7.14. The number of sulfonamides is 1. The summed E-state index contributed by atoms with van der Waals surface area (Å²) < 4.78 is 28.4. The summed E-state index contributed by atoms with van der Waals surface area (Å²) in [4.78, 5) is 0. The van der Waals surface area contributed by atoms with Crippen molar-refractivity contribution in [2.24, 2.45) is 0 Å². The smallest absolute Gasteiger partial charge is 0.255 e. The first-order valence-corrected chi connectivity index (χ1v) is 8.98. The van der Waals surface area contributed by atoms with Crippen LogP contribution in [0.1, 0.15) is 11.1 Å². The quantitative estimate of drug-likeness (QED) is 0.749. The van der Waals surface area contributed by atoms with E-state index < -0.39 is 10.0 Å². The number of nitrogens with zero attached hydrogens (tertiary/aromatic N) is 2. The first kappa shape index (κ1) is 16.0. The second-order valence-corrected chi connectivity index (χ2v) is 6.84. The van der Waals surface area contributed by atoms with E-state index in [1.165, 1.54) is 6.20 Å². The predicted octanol–water partition coefficient (Wildman–Crippen LogP) is 3.34. The van der Waals surface area contributed by atoms with Crippen molar-refractivity contribution in [3.05, 3.63) is 89.6 Å². The van der Waals surface area contributed by atoms with Gasteiger partial charge in [0.15, 0.2) is 0 Å². The molecule has 0 amide bonds. The third-order valence-electron chi connectivity index (χ3n) is 3.32. The van der Waals surface area contributed by atoms with Gasteiger partial charge in [0, 0.05) is 6.20 Å². The van der Waals surface area contributed by atoms with Gasteiger partial charge in [-0.2, -0.15) is 5.10 Å². The summed E-state index contributed by atoms with van der Waals surface area (Å²) in [6.07, 6.45) is 4.72. The molecular formula is C18H17N3O2S. The molecule has 0 aliphatic rings. The fourth-order valence-electron chi connectivity index (χ4n) is 2.20. The molecule has 0 radical (unpaired) electrons. The van der Waals surface area contributed by atoms with Gasteiger partial charge in [0.25, 0.3) is 10.0 Å². The molecule has 5 nitrogen and oxygen atoms in total. The van der Waals surface area contributed by atoms with Crippen LogP contribution < -0.4 is 4.72 Å². The number of hydrogen-bond donors (Lipinski definition) is 1. The second-order valence-electron chi connectivity index (χ2n) is 5.27. The van der Waals surface area contributed by atoms with Crippen LogP contribution in [-0.2, 0) is 16.6 Å². The minimum atomic E-state index is -3.58. The number of nitrogens with one attached hydrogen (secondary N) is 1. The highest BCUT2D eigenvalue weighted by molar-refractivity contribution is 7.95. The van der Waals surface area contributed by atoms with Gasteiger partial charge in [-0.05, 0) is 17.2 Å². The summed E-state index contributed by atoms with van der Waals surface area (Å²) in [5.41, 5.74) is 2.35. The molecule has 122 valence electrons. The zero-order chi connectivity index (χ0) is 16.8. The Morgan fingerprint density at radius 1 is 1.00 bits per heavy atom. The van der Waals surface area contributed by atoms with E-state index in [2.05, 4.69) is 9.82 Å². The molecule has 0 atom stereocenters. The lowest BCUT2D eigenvalue weighted by Gasteiger charge is -2.02. The summed E-state index contributed by atoms with van der Waals surface area (Å²) in [6.45, 7) is 0.586. The highest BCUT2D eigenvalue weighted by Gasteiger charge is 2.08.